The average Bonchev–Trinajstić information content (AvgIpc) is 2.16. The number of unbranched alkanes of at least 4 members (excludes halogenated alkanes) is 4. The Hall–Kier alpha value is -1.32. The molecular weight excluding hydrogens is 184 g/mol. The van der Waals surface area contributed by atoms with Crippen LogP contribution in [0.15, 0.2) is 12.7 Å². The van der Waals surface area contributed by atoms with E-state index in [4.69, 9.17) is 5.11 Å². The molecule has 0 atom stereocenters. The Balaban J connectivity index is 3.17. The van der Waals surface area contributed by atoms with Gasteiger partial charge in [-0.15, -0.1) is 6.58 Å². The van der Waals surface area contributed by atoms with Gasteiger partial charge in [-0.05, 0) is 19.3 Å². The van der Waals surface area contributed by atoms with E-state index in [1.165, 1.54) is 0 Å². The molecular formula is C10H16O4. The van der Waals surface area contributed by atoms with E-state index in [2.05, 4.69) is 11.3 Å². The zero-order chi connectivity index (χ0) is 10.8. The summed E-state index contributed by atoms with van der Waals surface area (Å²) in [4.78, 5) is 20.5. The van der Waals surface area contributed by atoms with Crippen molar-refractivity contribution in [2.75, 3.05) is 6.61 Å². The topological polar surface area (TPSA) is 63.6 Å². The summed E-state index contributed by atoms with van der Waals surface area (Å²) in [5.41, 5.74) is 0. The number of allylic oxidation sites excluding steroid dienone is 1. The van der Waals surface area contributed by atoms with Gasteiger partial charge in [0.05, 0.1) is 6.61 Å². The Kier molecular flexibility index (Phi) is 7.50. The summed E-state index contributed by atoms with van der Waals surface area (Å²) in [5.74, 6) is -2.70. The first kappa shape index (κ1) is 12.7. The third-order valence-corrected chi connectivity index (χ3v) is 1.71. The van der Waals surface area contributed by atoms with Gasteiger partial charge in [0.15, 0.2) is 0 Å². The number of carbonyl (C=O) groups is 2. The normalized spacial score (nSPS) is 9.43. The molecule has 0 aliphatic rings. The molecule has 0 saturated heterocycles. The lowest BCUT2D eigenvalue weighted by Gasteiger charge is -2.01. The number of carboxylic acid groups (broad SMARTS) is 1. The molecule has 0 amide bonds. The molecule has 0 aliphatic carbocycles. The number of rotatable bonds is 7. The number of hydrogen-bond acceptors (Lipinski definition) is 3. The third kappa shape index (κ3) is 7.34. The molecule has 0 spiro atoms. The smallest absolute Gasteiger partial charge is 0.417 e. The van der Waals surface area contributed by atoms with E-state index in [0.717, 1.165) is 32.1 Å². The van der Waals surface area contributed by atoms with Crippen molar-refractivity contribution in [1.82, 2.24) is 0 Å². The Morgan fingerprint density at radius 3 is 2.43 bits per heavy atom. The first-order valence-electron chi connectivity index (χ1n) is 4.69. The summed E-state index contributed by atoms with van der Waals surface area (Å²) in [6.07, 6.45) is 6.66. The van der Waals surface area contributed by atoms with Gasteiger partial charge >= 0.3 is 11.9 Å². The molecule has 0 fully saturated rings. The maximum atomic E-state index is 10.4. The van der Waals surface area contributed by atoms with Gasteiger partial charge in [-0.2, -0.15) is 0 Å². The summed E-state index contributed by atoms with van der Waals surface area (Å²) >= 11 is 0. The second-order valence-electron chi connectivity index (χ2n) is 2.93. The molecule has 0 aliphatic heterocycles. The molecule has 0 radical (unpaired) electrons. The van der Waals surface area contributed by atoms with E-state index < -0.39 is 11.9 Å². The maximum absolute atomic E-state index is 10.4. The van der Waals surface area contributed by atoms with Gasteiger partial charge < -0.3 is 9.84 Å². The lowest BCUT2D eigenvalue weighted by atomic mass is 10.1. The Morgan fingerprint density at radius 1 is 1.21 bits per heavy atom. The van der Waals surface area contributed by atoms with Gasteiger partial charge in [-0.3, -0.25) is 0 Å². The van der Waals surface area contributed by atoms with Gasteiger partial charge in [-0.25, -0.2) is 9.59 Å². The summed E-state index contributed by atoms with van der Waals surface area (Å²) < 4.78 is 4.45. The van der Waals surface area contributed by atoms with Crippen LogP contribution in [0, 0.1) is 0 Å². The van der Waals surface area contributed by atoms with Gasteiger partial charge in [0.1, 0.15) is 0 Å². The zero-order valence-corrected chi connectivity index (χ0v) is 8.20. The first-order valence-corrected chi connectivity index (χ1v) is 4.69. The molecule has 80 valence electrons. The molecule has 0 unspecified atom stereocenters. The summed E-state index contributed by atoms with van der Waals surface area (Å²) in [7, 11) is 0. The molecule has 0 aromatic rings. The fourth-order valence-electron chi connectivity index (χ4n) is 0.971. The lowest BCUT2D eigenvalue weighted by molar-refractivity contribution is -0.163. The van der Waals surface area contributed by atoms with Crippen LogP contribution in [-0.2, 0) is 14.3 Å². The minimum Gasteiger partial charge on any atom is -0.473 e. The molecule has 0 heterocycles. The van der Waals surface area contributed by atoms with E-state index in [9.17, 15) is 9.59 Å². The predicted molar refractivity (Wildman–Crippen MR) is 51.9 cm³/mol. The number of carboxylic acids is 1. The number of esters is 1. The summed E-state index contributed by atoms with van der Waals surface area (Å²) in [6, 6.07) is 0. The highest BCUT2D eigenvalue weighted by molar-refractivity contribution is 6.28. The molecule has 0 rings (SSSR count). The monoisotopic (exact) mass is 200 g/mol. The molecule has 0 bridgehead atoms. The van der Waals surface area contributed by atoms with Crippen LogP contribution >= 0.6 is 0 Å². The maximum Gasteiger partial charge on any atom is 0.417 e. The molecule has 4 nitrogen and oxygen atoms in total. The summed E-state index contributed by atoms with van der Waals surface area (Å²) in [5, 5.41) is 8.17. The van der Waals surface area contributed by atoms with Gasteiger partial charge in [0.25, 0.3) is 0 Å². The van der Waals surface area contributed by atoms with Crippen LogP contribution in [0.5, 0.6) is 0 Å². The van der Waals surface area contributed by atoms with Crippen LogP contribution in [0.2, 0.25) is 0 Å². The predicted octanol–water partition coefficient (Wildman–Crippen LogP) is 1.75. The largest absolute Gasteiger partial charge is 0.473 e. The van der Waals surface area contributed by atoms with Crippen LogP contribution in [0.4, 0.5) is 0 Å². The number of ether oxygens (including phenoxy) is 1. The van der Waals surface area contributed by atoms with Gasteiger partial charge in [-0.1, -0.05) is 18.9 Å². The lowest BCUT2D eigenvalue weighted by Crippen LogP contribution is -2.16. The highest BCUT2D eigenvalue weighted by atomic mass is 16.6. The minimum absolute atomic E-state index is 0.194. The number of carbonyl (C=O) groups excluding carboxylic acids is 1. The van der Waals surface area contributed by atoms with Crippen LogP contribution in [0.3, 0.4) is 0 Å². The van der Waals surface area contributed by atoms with Crippen molar-refractivity contribution in [3.63, 3.8) is 0 Å². The van der Waals surface area contributed by atoms with Crippen molar-refractivity contribution in [1.29, 1.82) is 0 Å². The van der Waals surface area contributed by atoms with Gasteiger partial charge in [0.2, 0.25) is 0 Å². The second-order valence-corrected chi connectivity index (χ2v) is 2.93. The van der Waals surface area contributed by atoms with Crippen molar-refractivity contribution in [2.45, 2.75) is 32.1 Å². The van der Waals surface area contributed by atoms with Crippen molar-refractivity contribution in [2.24, 2.45) is 0 Å². The second kappa shape index (κ2) is 8.29. The SMILES string of the molecule is C=CCCCCCCOC(=O)C(=O)O. The molecule has 4 heteroatoms. The first-order chi connectivity index (χ1) is 6.68. The fourth-order valence-corrected chi connectivity index (χ4v) is 0.971. The summed E-state index contributed by atoms with van der Waals surface area (Å²) in [6.45, 7) is 3.80. The van der Waals surface area contributed by atoms with Crippen molar-refractivity contribution in [3.05, 3.63) is 12.7 Å². The van der Waals surface area contributed by atoms with E-state index in [1.54, 1.807) is 0 Å². The number of hydrogen-bond donors (Lipinski definition) is 1. The number of aliphatic carboxylic acids is 1. The van der Waals surface area contributed by atoms with Crippen LogP contribution in [0.25, 0.3) is 0 Å². The molecule has 1 N–H and O–H groups in total. The Bertz CT molecular complexity index is 198. The van der Waals surface area contributed by atoms with Crippen molar-refractivity contribution in [3.8, 4) is 0 Å². The van der Waals surface area contributed by atoms with Crippen LogP contribution in [0.1, 0.15) is 32.1 Å². The highest BCUT2D eigenvalue weighted by Gasteiger charge is 2.11. The molecule has 0 aromatic carbocycles. The van der Waals surface area contributed by atoms with E-state index in [0.29, 0.717) is 0 Å². The fraction of sp³-hybridized carbons (Fsp3) is 0.600. The third-order valence-electron chi connectivity index (χ3n) is 1.71. The average molecular weight is 200 g/mol. The zero-order valence-electron chi connectivity index (χ0n) is 8.20. The molecule has 0 aromatic heterocycles. The standard InChI is InChI=1S/C10H16O4/c1-2-3-4-5-6-7-8-14-10(13)9(11)12/h2H,1,3-8H2,(H,11,12). The van der Waals surface area contributed by atoms with Crippen LogP contribution < -0.4 is 0 Å². The van der Waals surface area contributed by atoms with Crippen molar-refractivity contribution >= 4 is 11.9 Å². The van der Waals surface area contributed by atoms with E-state index >= 15 is 0 Å². The Labute approximate surface area is 83.6 Å². The molecule has 0 saturated carbocycles. The van der Waals surface area contributed by atoms with Crippen molar-refractivity contribution < 1.29 is 19.4 Å². The highest BCUT2D eigenvalue weighted by Crippen LogP contribution is 2.03. The van der Waals surface area contributed by atoms with E-state index in [1.807, 2.05) is 6.08 Å². The molecule has 14 heavy (non-hydrogen) atoms. The minimum atomic E-state index is -1.53. The van der Waals surface area contributed by atoms with E-state index in [-0.39, 0.29) is 6.61 Å². The van der Waals surface area contributed by atoms with Crippen LogP contribution in [-0.4, -0.2) is 23.7 Å². The Morgan fingerprint density at radius 2 is 1.86 bits per heavy atom. The van der Waals surface area contributed by atoms with Gasteiger partial charge in [0, 0.05) is 0 Å². The quantitative estimate of drug-likeness (QED) is 0.294.